The van der Waals surface area contributed by atoms with Crippen LogP contribution in [0.2, 0.25) is 0 Å². The molecule has 0 aliphatic carbocycles. The number of benzene rings is 3. The molecule has 1 heterocycles. The molecule has 3 aromatic carbocycles. The van der Waals surface area contributed by atoms with E-state index < -0.39 is 29.4 Å². The third-order valence-corrected chi connectivity index (χ3v) is 6.59. The number of aliphatic imine (C=N–C) groups is 1. The van der Waals surface area contributed by atoms with Gasteiger partial charge in [-0.25, -0.2) is 14.4 Å². The maximum absolute atomic E-state index is 13.0. The van der Waals surface area contributed by atoms with Gasteiger partial charge in [0.05, 0.1) is 5.56 Å². The Kier molecular flexibility index (Phi) is 13.4. The second-order valence-corrected chi connectivity index (χ2v) is 15.1. The van der Waals surface area contributed by atoms with Crippen LogP contribution >= 0.6 is 0 Å². The average molecular weight is 728 g/mol. The number of hydrogen-bond donors (Lipinski definition) is 4. The number of nitrogens with one attached hydrogen (secondary N) is 4. The standard InChI is InChI=1S/C38H45N5O7.CO2/c1-36(2,3)22-23-10-15-26(16-11-23)39-31(44)30-20-25-14-19-28(21-29(25)41-30)48-32(45)24-12-17-27(18-13-24)40-33(42-34(46)49-37(4,5)6)43-35(47)50-38(7,8)9;2-1-3/h10-21,41H,22H2,1-9H3,(H,39,44)(H2,40,42,43,46,47);. The summed E-state index contributed by atoms with van der Waals surface area (Å²) < 4.78 is 16.1. The first kappa shape index (κ1) is 41.2. The minimum absolute atomic E-state index is 0.166. The molecular weight excluding hydrogens is 682 g/mol. The van der Waals surface area contributed by atoms with Gasteiger partial charge in [0, 0.05) is 28.3 Å². The molecule has 0 saturated heterocycles. The van der Waals surface area contributed by atoms with Crippen LogP contribution < -0.4 is 20.7 Å². The summed E-state index contributed by atoms with van der Waals surface area (Å²) in [6.07, 6.45) is -0.577. The van der Waals surface area contributed by atoms with Crippen LogP contribution in [0.15, 0.2) is 77.8 Å². The first-order valence-corrected chi connectivity index (χ1v) is 16.6. The van der Waals surface area contributed by atoms with Gasteiger partial charge in [-0.15, -0.1) is 4.99 Å². The number of esters is 1. The molecule has 0 atom stereocenters. The number of nitrogens with zero attached hydrogens (tertiary/aromatic N) is 1. The van der Waals surface area contributed by atoms with E-state index in [1.54, 1.807) is 77.9 Å². The molecule has 0 saturated carbocycles. The Hall–Kier alpha value is -6.27. The van der Waals surface area contributed by atoms with Crippen LogP contribution in [0.1, 0.15) is 88.7 Å². The van der Waals surface area contributed by atoms with E-state index in [2.05, 4.69) is 46.7 Å². The summed E-state index contributed by atoms with van der Waals surface area (Å²) in [7, 11) is 0. The lowest BCUT2D eigenvalue weighted by Crippen LogP contribution is -2.40. The van der Waals surface area contributed by atoms with E-state index in [4.69, 9.17) is 23.8 Å². The third-order valence-electron chi connectivity index (χ3n) is 6.59. The van der Waals surface area contributed by atoms with Crippen molar-refractivity contribution in [2.45, 2.75) is 79.9 Å². The normalized spacial score (nSPS) is 11.7. The highest BCUT2D eigenvalue weighted by Crippen LogP contribution is 2.25. The van der Waals surface area contributed by atoms with E-state index in [9.17, 15) is 19.2 Å². The van der Waals surface area contributed by atoms with E-state index in [0.29, 0.717) is 22.6 Å². The van der Waals surface area contributed by atoms with Gasteiger partial charge in [0.1, 0.15) is 22.6 Å². The van der Waals surface area contributed by atoms with Crippen LogP contribution in [0.4, 0.5) is 21.0 Å². The zero-order valence-electron chi connectivity index (χ0n) is 31.3. The van der Waals surface area contributed by atoms with Crippen LogP contribution in [0.3, 0.4) is 0 Å². The van der Waals surface area contributed by atoms with Gasteiger partial charge in [-0.05, 0) is 114 Å². The van der Waals surface area contributed by atoms with Gasteiger partial charge in [-0.1, -0.05) is 32.9 Å². The number of guanidine groups is 1. The fourth-order valence-electron chi connectivity index (χ4n) is 4.66. The Labute approximate surface area is 307 Å². The number of H-pyrrole nitrogens is 1. The Morgan fingerprint density at radius 2 is 1.30 bits per heavy atom. The number of hydrogen-bond acceptors (Lipinski definition) is 9. The van der Waals surface area contributed by atoms with Crippen LogP contribution in [0, 0.1) is 5.41 Å². The van der Waals surface area contributed by atoms with E-state index in [1.807, 2.05) is 24.3 Å². The molecular formula is C39H45N5O9. The fourth-order valence-corrected chi connectivity index (χ4v) is 4.66. The molecule has 4 aromatic rings. The van der Waals surface area contributed by atoms with Gasteiger partial charge in [0.2, 0.25) is 5.96 Å². The van der Waals surface area contributed by atoms with Gasteiger partial charge in [-0.2, -0.15) is 9.59 Å². The summed E-state index contributed by atoms with van der Waals surface area (Å²) in [6.45, 7) is 16.7. The van der Waals surface area contributed by atoms with Gasteiger partial charge in [0.25, 0.3) is 5.91 Å². The van der Waals surface area contributed by atoms with Crippen molar-refractivity contribution in [3.63, 3.8) is 0 Å². The Bertz CT molecular complexity index is 1990. The molecule has 0 fully saturated rings. The molecule has 0 radical (unpaired) electrons. The first-order chi connectivity index (χ1) is 24.6. The molecule has 280 valence electrons. The van der Waals surface area contributed by atoms with Crippen molar-refractivity contribution in [1.29, 1.82) is 0 Å². The summed E-state index contributed by atoms with van der Waals surface area (Å²) in [5, 5.41) is 8.93. The number of anilines is 2. The zero-order chi connectivity index (χ0) is 39.6. The highest BCUT2D eigenvalue weighted by molar-refractivity contribution is 6.07. The maximum Gasteiger partial charge on any atom is 0.437 e. The molecule has 14 heteroatoms. The van der Waals surface area contributed by atoms with Crippen molar-refractivity contribution < 1.29 is 43.0 Å². The number of carbonyl (C=O) groups is 4. The monoisotopic (exact) mass is 727 g/mol. The topological polar surface area (TPSA) is 194 Å². The molecule has 0 aliphatic rings. The molecule has 4 rings (SSSR count). The predicted molar refractivity (Wildman–Crippen MR) is 199 cm³/mol. The summed E-state index contributed by atoms with van der Waals surface area (Å²) in [4.78, 5) is 73.9. The summed E-state index contributed by atoms with van der Waals surface area (Å²) in [6, 6.07) is 20.7. The van der Waals surface area contributed by atoms with Crippen LogP contribution in [0.5, 0.6) is 5.75 Å². The SMILES string of the molecule is CC(C)(C)Cc1ccc(NC(=O)c2cc3ccc(OC(=O)c4ccc(NC(=NC(=O)OC(C)(C)C)NC(=O)OC(C)(C)C)cc4)cc3[nH]2)cc1.O=C=O. The molecule has 14 nitrogen and oxygen atoms in total. The lowest BCUT2D eigenvalue weighted by atomic mass is 9.88. The smallest absolute Gasteiger partial charge is 0.437 e. The van der Waals surface area contributed by atoms with Crippen LogP contribution in [-0.2, 0) is 25.5 Å². The molecule has 0 aliphatic heterocycles. The molecule has 1 aromatic heterocycles. The molecule has 0 spiro atoms. The van der Waals surface area contributed by atoms with Crippen molar-refractivity contribution in [3.05, 3.63) is 89.6 Å². The second kappa shape index (κ2) is 17.3. The predicted octanol–water partition coefficient (Wildman–Crippen LogP) is 7.87. The van der Waals surface area contributed by atoms with Crippen molar-refractivity contribution >= 4 is 58.5 Å². The highest BCUT2D eigenvalue weighted by Gasteiger charge is 2.21. The zero-order valence-corrected chi connectivity index (χ0v) is 31.3. The lowest BCUT2D eigenvalue weighted by molar-refractivity contribution is -0.191. The fraction of sp³-hybridized carbons (Fsp3) is 0.333. The second-order valence-electron chi connectivity index (χ2n) is 15.1. The van der Waals surface area contributed by atoms with E-state index in [-0.39, 0.29) is 34.7 Å². The van der Waals surface area contributed by atoms with Crippen LogP contribution in [-0.4, -0.2) is 52.4 Å². The average Bonchev–Trinajstić information content (AvgIpc) is 3.44. The molecule has 4 N–H and O–H groups in total. The Morgan fingerprint density at radius 1 is 0.736 bits per heavy atom. The number of fused-ring (bicyclic) bond motifs is 1. The molecule has 3 amide bonds. The Morgan fingerprint density at radius 3 is 1.87 bits per heavy atom. The lowest BCUT2D eigenvalue weighted by Gasteiger charge is -2.21. The minimum atomic E-state index is -0.926. The maximum atomic E-state index is 13.0. The van der Waals surface area contributed by atoms with Crippen molar-refractivity contribution in [1.82, 2.24) is 10.3 Å². The van der Waals surface area contributed by atoms with Crippen LogP contribution in [0.25, 0.3) is 10.9 Å². The van der Waals surface area contributed by atoms with Gasteiger partial charge >= 0.3 is 24.3 Å². The highest BCUT2D eigenvalue weighted by atomic mass is 16.6. The van der Waals surface area contributed by atoms with E-state index >= 15 is 0 Å². The molecule has 0 unspecified atom stereocenters. The number of rotatable bonds is 6. The number of aromatic nitrogens is 1. The number of alkyl carbamates (subject to hydrolysis) is 1. The molecule has 0 bridgehead atoms. The number of ether oxygens (including phenoxy) is 3. The van der Waals surface area contributed by atoms with Gasteiger partial charge in [-0.3, -0.25) is 10.1 Å². The van der Waals surface area contributed by atoms with Crippen molar-refractivity contribution in [2.24, 2.45) is 10.4 Å². The summed E-state index contributed by atoms with van der Waals surface area (Å²) in [5.41, 5.74) is 2.08. The molecule has 53 heavy (non-hydrogen) atoms. The Balaban J connectivity index is 0.00000243. The first-order valence-electron chi connectivity index (χ1n) is 16.6. The van der Waals surface area contributed by atoms with Gasteiger partial charge < -0.3 is 29.8 Å². The number of amides is 3. The van der Waals surface area contributed by atoms with E-state index in [0.717, 1.165) is 11.8 Å². The quantitative estimate of drug-likeness (QED) is 0.0657. The van der Waals surface area contributed by atoms with Gasteiger partial charge in [0.15, 0.2) is 0 Å². The number of aromatic amines is 1. The third kappa shape index (κ3) is 14.5. The van der Waals surface area contributed by atoms with Crippen molar-refractivity contribution in [2.75, 3.05) is 10.6 Å². The largest absolute Gasteiger partial charge is 0.444 e. The summed E-state index contributed by atoms with van der Waals surface area (Å²) >= 11 is 0. The minimum Gasteiger partial charge on any atom is -0.444 e. The number of carbonyl (C=O) groups excluding carboxylic acids is 6. The summed E-state index contributed by atoms with van der Waals surface area (Å²) in [5.74, 6) is -0.867. The van der Waals surface area contributed by atoms with E-state index in [1.165, 1.54) is 17.7 Å². The van der Waals surface area contributed by atoms with Crippen molar-refractivity contribution in [3.8, 4) is 5.75 Å².